The van der Waals surface area contributed by atoms with Gasteiger partial charge >= 0.3 is 0 Å². The van der Waals surface area contributed by atoms with Crippen molar-refractivity contribution in [1.82, 2.24) is 0 Å². The Morgan fingerprint density at radius 1 is 1.44 bits per heavy atom. The lowest BCUT2D eigenvalue weighted by Crippen LogP contribution is -2.33. The van der Waals surface area contributed by atoms with E-state index < -0.39 is 5.41 Å². The molecule has 98 valence electrons. The van der Waals surface area contributed by atoms with Gasteiger partial charge in [-0.3, -0.25) is 4.79 Å². The Kier molecular flexibility index (Phi) is 5.15. The summed E-state index contributed by atoms with van der Waals surface area (Å²) < 4.78 is 0.904. The number of hydrogen-bond acceptors (Lipinski definition) is 1. The molecule has 2 nitrogen and oxygen atoms in total. The third-order valence-corrected chi connectivity index (χ3v) is 4.13. The van der Waals surface area contributed by atoms with Gasteiger partial charge in [0, 0.05) is 4.47 Å². The SMILES string of the molecule is C=CC(CC)(CC)C(=O)Nc1ccc(C)cc1Br. The van der Waals surface area contributed by atoms with E-state index in [-0.39, 0.29) is 5.91 Å². The molecule has 1 aromatic rings. The first-order chi connectivity index (χ1) is 8.49. The zero-order valence-electron chi connectivity index (χ0n) is 11.2. The van der Waals surface area contributed by atoms with Crippen LogP contribution in [0.4, 0.5) is 5.69 Å². The van der Waals surface area contributed by atoms with Crippen molar-refractivity contribution < 1.29 is 4.79 Å². The number of amides is 1. The van der Waals surface area contributed by atoms with Crippen molar-refractivity contribution in [2.24, 2.45) is 5.41 Å². The molecule has 18 heavy (non-hydrogen) atoms. The molecule has 1 aromatic carbocycles. The van der Waals surface area contributed by atoms with Gasteiger partial charge in [0.05, 0.1) is 11.1 Å². The molecule has 1 amide bonds. The van der Waals surface area contributed by atoms with E-state index in [1.807, 2.05) is 39.0 Å². The second-order valence-electron chi connectivity index (χ2n) is 4.50. The smallest absolute Gasteiger partial charge is 0.234 e. The Balaban J connectivity index is 2.96. The van der Waals surface area contributed by atoms with E-state index in [4.69, 9.17) is 0 Å². The van der Waals surface area contributed by atoms with Gasteiger partial charge in [-0.2, -0.15) is 0 Å². The molecule has 1 N–H and O–H groups in total. The third-order valence-electron chi connectivity index (χ3n) is 3.48. The monoisotopic (exact) mass is 309 g/mol. The molecule has 0 aliphatic rings. The van der Waals surface area contributed by atoms with Gasteiger partial charge in [0.15, 0.2) is 0 Å². The topological polar surface area (TPSA) is 29.1 Å². The highest BCUT2D eigenvalue weighted by atomic mass is 79.9. The van der Waals surface area contributed by atoms with E-state index in [9.17, 15) is 4.79 Å². The van der Waals surface area contributed by atoms with Crippen molar-refractivity contribution in [2.75, 3.05) is 5.32 Å². The van der Waals surface area contributed by atoms with Gasteiger partial charge in [0.1, 0.15) is 0 Å². The molecule has 0 atom stereocenters. The molecule has 0 aliphatic heterocycles. The van der Waals surface area contributed by atoms with E-state index in [1.54, 1.807) is 6.08 Å². The summed E-state index contributed by atoms with van der Waals surface area (Å²) in [7, 11) is 0. The number of nitrogens with one attached hydrogen (secondary N) is 1. The van der Waals surface area contributed by atoms with Crippen LogP contribution < -0.4 is 5.32 Å². The summed E-state index contributed by atoms with van der Waals surface area (Å²) in [4.78, 5) is 12.4. The largest absolute Gasteiger partial charge is 0.324 e. The van der Waals surface area contributed by atoms with Gasteiger partial charge in [-0.05, 0) is 53.4 Å². The molecule has 1 rings (SSSR count). The molecule has 0 saturated carbocycles. The fourth-order valence-corrected chi connectivity index (χ4v) is 2.51. The normalized spacial score (nSPS) is 11.1. The number of anilines is 1. The average Bonchev–Trinajstić information content (AvgIpc) is 2.36. The van der Waals surface area contributed by atoms with E-state index in [1.165, 1.54) is 0 Å². The van der Waals surface area contributed by atoms with Crippen molar-refractivity contribution >= 4 is 27.5 Å². The van der Waals surface area contributed by atoms with Crippen LogP contribution in [-0.2, 0) is 4.79 Å². The quantitative estimate of drug-likeness (QED) is 0.786. The second-order valence-corrected chi connectivity index (χ2v) is 5.36. The van der Waals surface area contributed by atoms with Gasteiger partial charge in [-0.15, -0.1) is 6.58 Å². The molecular weight excluding hydrogens is 290 g/mol. The summed E-state index contributed by atoms with van der Waals surface area (Å²) in [5.41, 5.74) is 1.48. The maximum absolute atomic E-state index is 12.4. The summed E-state index contributed by atoms with van der Waals surface area (Å²) in [6, 6.07) is 5.88. The van der Waals surface area contributed by atoms with Crippen LogP contribution in [0.3, 0.4) is 0 Å². The van der Waals surface area contributed by atoms with E-state index in [0.717, 1.165) is 28.6 Å². The van der Waals surface area contributed by atoms with E-state index >= 15 is 0 Å². The van der Waals surface area contributed by atoms with Crippen molar-refractivity contribution in [3.05, 3.63) is 40.9 Å². The lowest BCUT2D eigenvalue weighted by Gasteiger charge is -2.26. The number of aryl methyl sites for hydroxylation is 1. The highest BCUT2D eigenvalue weighted by Gasteiger charge is 2.31. The maximum atomic E-state index is 12.4. The lowest BCUT2D eigenvalue weighted by atomic mass is 9.81. The summed E-state index contributed by atoms with van der Waals surface area (Å²) in [6.07, 6.45) is 3.26. The zero-order chi connectivity index (χ0) is 13.8. The van der Waals surface area contributed by atoms with Crippen molar-refractivity contribution in [3.63, 3.8) is 0 Å². The van der Waals surface area contributed by atoms with Crippen molar-refractivity contribution in [1.29, 1.82) is 0 Å². The second kappa shape index (κ2) is 6.19. The Hall–Kier alpha value is -1.09. The molecule has 0 unspecified atom stereocenters. The number of carbonyl (C=O) groups excluding carboxylic acids is 1. The number of carbonyl (C=O) groups is 1. The molecule has 0 spiro atoms. The predicted molar refractivity (Wildman–Crippen MR) is 80.7 cm³/mol. The Labute approximate surface area is 118 Å². The minimum Gasteiger partial charge on any atom is -0.324 e. The number of hydrogen-bond donors (Lipinski definition) is 1. The summed E-state index contributed by atoms with van der Waals surface area (Å²) in [5, 5.41) is 2.97. The standard InChI is InChI=1S/C15H20BrNO/c1-5-15(6-2,7-3)14(18)17-13-9-8-11(4)10-12(13)16/h5,8-10H,1,6-7H2,2-4H3,(H,17,18). The summed E-state index contributed by atoms with van der Waals surface area (Å²) in [5.74, 6) is 0.00653. The molecule has 3 heteroatoms. The van der Waals surface area contributed by atoms with Gasteiger partial charge in [-0.1, -0.05) is 26.0 Å². The van der Waals surface area contributed by atoms with Crippen LogP contribution in [0.2, 0.25) is 0 Å². The highest BCUT2D eigenvalue weighted by molar-refractivity contribution is 9.10. The number of benzene rings is 1. The minimum atomic E-state index is -0.482. The Morgan fingerprint density at radius 3 is 2.50 bits per heavy atom. The van der Waals surface area contributed by atoms with Crippen LogP contribution in [0.1, 0.15) is 32.3 Å². The lowest BCUT2D eigenvalue weighted by molar-refractivity contribution is -0.123. The number of halogens is 1. The number of rotatable bonds is 5. The fraction of sp³-hybridized carbons (Fsp3) is 0.400. The fourth-order valence-electron chi connectivity index (χ4n) is 1.92. The van der Waals surface area contributed by atoms with Crippen LogP contribution in [0, 0.1) is 12.3 Å². The average molecular weight is 310 g/mol. The molecular formula is C15H20BrNO. The molecule has 0 fully saturated rings. The highest BCUT2D eigenvalue weighted by Crippen LogP contribution is 2.31. The van der Waals surface area contributed by atoms with E-state index in [0.29, 0.717) is 0 Å². The first kappa shape index (κ1) is 15.0. The first-order valence-electron chi connectivity index (χ1n) is 6.20. The van der Waals surface area contributed by atoms with E-state index in [2.05, 4.69) is 27.8 Å². The Bertz CT molecular complexity index is 450. The molecule has 0 aliphatic carbocycles. The molecule has 0 radical (unpaired) electrons. The van der Waals surface area contributed by atoms with Crippen LogP contribution in [0.15, 0.2) is 35.3 Å². The van der Waals surface area contributed by atoms with Crippen molar-refractivity contribution in [3.8, 4) is 0 Å². The maximum Gasteiger partial charge on any atom is 0.234 e. The molecule has 0 saturated heterocycles. The molecule has 0 aromatic heterocycles. The first-order valence-corrected chi connectivity index (χ1v) is 6.99. The van der Waals surface area contributed by atoms with Gasteiger partial charge < -0.3 is 5.32 Å². The van der Waals surface area contributed by atoms with Gasteiger partial charge in [0.25, 0.3) is 0 Å². The summed E-state index contributed by atoms with van der Waals surface area (Å²) >= 11 is 3.47. The minimum absolute atomic E-state index is 0.00653. The van der Waals surface area contributed by atoms with Crippen LogP contribution in [0.25, 0.3) is 0 Å². The van der Waals surface area contributed by atoms with Crippen molar-refractivity contribution in [2.45, 2.75) is 33.6 Å². The van der Waals surface area contributed by atoms with Crippen LogP contribution in [0.5, 0.6) is 0 Å². The Morgan fingerprint density at radius 2 is 2.06 bits per heavy atom. The zero-order valence-corrected chi connectivity index (χ0v) is 12.8. The molecule has 0 heterocycles. The van der Waals surface area contributed by atoms with Crippen LogP contribution >= 0.6 is 15.9 Å². The predicted octanol–water partition coefficient (Wildman–Crippen LogP) is 4.69. The van der Waals surface area contributed by atoms with Gasteiger partial charge in [-0.25, -0.2) is 0 Å². The summed E-state index contributed by atoms with van der Waals surface area (Å²) in [6.45, 7) is 9.84. The van der Waals surface area contributed by atoms with Gasteiger partial charge in [0.2, 0.25) is 5.91 Å². The van der Waals surface area contributed by atoms with Crippen LogP contribution in [-0.4, -0.2) is 5.91 Å². The third kappa shape index (κ3) is 3.02. The molecule has 0 bridgehead atoms.